The van der Waals surface area contributed by atoms with Gasteiger partial charge in [-0.1, -0.05) is 17.8 Å². The Bertz CT molecular complexity index is 1040. The second-order valence-electron chi connectivity index (χ2n) is 8.77. The maximum absolute atomic E-state index is 14.8. The zero-order chi connectivity index (χ0) is 22.4. The van der Waals surface area contributed by atoms with Crippen molar-refractivity contribution in [3.8, 4) is 0 Å². The summed E-state index contributed by atoms with van der Waals surface area (Å²) >= 11 is 1.37. The lowest BCUT2D eigenvalue weighted by Gasteiger charge is -2.21. The van der Waals surface area contributed by atoms with Gasteiger partial charge in [0.1, 0.15) is 17.0 Å². The normalized spacial score (nSPS) is 26.5. The minimum atomic E-state index is -0.448. The van der Waals surface area contributed by atoms with Crippen LogP contribution in [0.2, 0.25) is 0 Å². The molecule has 0 radical (unpaired) electrons. The van der Waals surface area contributed by atoms with Gasteiger partial charge in [0.2, 0.25) is 0 Å². The van der Waals surface area contributed by atoms with E-state index in [1.165, 1.54) is 23.9 Å². The van der Waals surface area contributed by atoms with E-state index in [0.717, 1.165) is 30.8 Å². The molecule has 1 aromatic rings. The molecule has 0 saturated carbocycles. The molecule has 32 heavy (non-hydrogen) atoms. The van der Waals surface area contributed by atoms with Crippen molar-refractivity contribution >= 4 is 23.4 Å². The summed E-state index contributed by atoms with van der Waals surface area (Å²) in [5.41, 5.74) is 9.08. The molecule has 6 nitrogen and oxygen atoms in total. The molecule has 0 bridgehead atoms. The Morgan fingerprint density at radius 2 is 2.12 bits per heavy atom. The van der Waals surface area contributed by atoms with E-state index in [1.54, 1.807) is 0 Å². The molecule has 4 aliphatic rings. The van der Waals surface area contributed by atoms with Gasteiger partial charge in [0, 0.05) is 43.0 Å². The second-order valence-corrected chi connectivity index (χ2v) is 9.89. The molecule has 1 amide bonds. The molecule has 2 saturated heterocycles. The van der Waals surface area contributed by atoms with Gasteiger partial charge < -0.3 is 26.6 Å². The van der Waals surface area contributed by atoms with E-state index in [0.29, 0.717) is 34.8 Å². The number of carbonyl (C=O) groups is 1. The predicted octanol–water partition coefficient (Wildman–Crippen LogP) is 2.10. The summed E-state index contributed by atoms with van der Waals surface area (Å²) < 4.78 is 29.5. The predicted molar refractivity (Wildman–Crippen MR) is 123 cm³/mol. The zero-order valence-electron chi connectivity index (χ0n) is 17.9. The lowest BCUT2D eigenvalue weighted by molar-refractivity contribution is -0.116. The number of anilines is 1. The van der Waals surface area contributed by atoms with E-state index < -0.39 is 11.6 Å². The fourth-order valence-corrected chi connectivity index (χ4v) is 6.13. The number of amides is 1. The van der Waals surface area contributed by atoms with Crippen molar-refractivity contribution in [2.24, 2.45) is 11.7 Å². The third-order valence-corrected chi connectivity index (χ3v) is 7.90. The van der Waals surface area contributed by atoms with Crippen LogP contribution in [0, 0.1) is 17.6 Å². The van der Waals surface area contributed by atoms with Gasteiger partial charge in [-0.3, -0.25) is 4.79 Å². The molecule has 3 atom stereocenters. The number of dihydropyridines is 1. The van der Waals surface area contributed by atoms with Crippen molar-refractivity contribution in [1.29, 1.82) is 0 Å². The fourth-order valence-electron chi connectivity index (χ4n) is 4.90. The minimum absolute atomic E-state index is 0.0693. The summed E-state index contributed by atoms with van der Waals surface area (Å²) in [4.78, 5) is 15.0. The van der Waals surface area contributed by atoms with Crippen LogP contribution in [0.5, 0.6) is 0 Å². The summed E-state index contributed by atoms with van der Waals surface area (Å²) in [5, 5.41) is 9.43. The molecule has 4 heterocycles. The molecular weight excluding hydrogens is 432 g/mol. The fraction of sp³-hybridized carbons (Fsp3) is 0.435. The molecule has 5 rings (SSSR count). The number of carbonyl (C=O) groups excluding carboxylic acids is 1. The highest BCUT2D eigenvalue weighted by Crippen LogP contribution is 2.40. The largest absolute Gasteiger partial charge is 0.397 e. The molecule has 2 fully saturated rings. The molecule has 5 N–H and O–H groups in total. The van der Waals surface area contributed by atoms with E-state index in [9.17, 15) is 13.6 Å². The molecule has 0 aliphatic carbocycles. The van der Waals surface area contributed by atoms with Crippen LogP contribution in [-0.4, -0.2) is 43.5 Å². The molecule has 1 unspecified atom stereocenters. The quantitative estimate of drug-likeness (QED) is 0.540. The maximum atomic E-state index is 14.8. The summed E-state index contributed by atoms with van der Waals surface area (Å²) in [7, 11) is 0. The number of thioether (sulfide) groups is 1. The van der Waals surface area contributed by atoms with Gasteiger partial charge >= 0.3 is 0 Å². The van der Waals surface area contributed by atoms with Crippen LogP contribution >= 0.6 is 11.8 Å². The van der Waals surface area contributed by atoms with Gasteiger partial charge in [-0.2, -0.15) is 0 Å². The van der Waals surface area contributed by atoms with Gasteiger partial charge in [-0.05, 0) is 49.9 Å². The molecule has 0 aromatic heterocycles. The lowest BCUT2D eigenvalue weighted by Crippen LogP contribution is -2.30. The third kappa shape index (κ3) is 3.88. The van der Waals surface area contributed by atoms with E-state index in [4.69, 9.17) is 5.73 Å². The van der Waals surface area contributed by atoms with E-state index in [2.05, 4.69) is 16.0 Å². The van der Waals surface area contributed by atoms with E-state index in [1.807, 2.05) is 24.0 Å². The SMILES string of the molecule is CC1=CC=C2C(N)=C(C(=O)NCCc3cc(F)c(N4C[C@H]5CCN[C@H]5C4)cc3F)SC2N1. The molecule has 4 aliphatic heterocycles. The number of hydrogen-bond donors (Lipinski definition) is 4. The van der Waals surface area contributed by atoms with Crippen LogP contribution in [0.25, 0.3) is 0 Å². The highest BCUT2D eigenvalue weighted by molar-refractivity contribution is 8.05. The van der Waals surface area contributed by atoms with Gasteiger partial charge in [-0.15, -0.1) is 0 Å². The Morgan fingerprint density at radius 1 is 1.28 bits per heavy atom. The van der Waals surface area contributed by atoms with Gasteiger partial charge in [0.25, 0.3) is 5.91 Å². The highest BCUT2D eigenvalue weighted by Gasteiger charge is 2.37. The van der Waals surface area contributed by atoms with Crippen LogP contribution in [0.1, 0.15) is 18.9 Å². The monoisotopic (exact) mass is 459 g/mol. The van der Waals surface area contributed by atoms with Crippen molar-refractivity contribution in [2.75, 3.05) is 31.1 Å². The summed E-state index contributed by atoms with van der Waals surface area (Å²) in [6.45, 7) is 4.59. The number of rotatable bonds is 5. The topological polar surface area (TPSA) is 82.4 Å². The van der Waals surface area contributed by atoms with Crippen molar-refractivity contribution < 1.29 is 13.6 Å². The number of halogens is 2. The molecule has 170 valence electrons. The first-order chi connectivity index (χ1) is 15.4. The first kappa shape index (κ1) is 21.3. The second kappa shape index (κ2) is 8.44. The van der Waals surface area contributed by atoms with Crippen molar-refractivity contribution in [2.45, 2.75) is 31.2 Å². The van der Waals surface area contributed by atoms with Gasteiger partial charge in [0.05, 0.1) is 16.3 Å². The number of nitrogens with one attached hydrogen (secondary N) is 3. The summed E-state index contributed by atoms with van der Waals surface area (Å²) in [5.74, 6) is -0.666. The molecule has 0 spiro atoms. The third-order valence-electron chi connectivity index (χ3n) is 6.65. The first-order valence-electron chi connectivity index (χ1n) is 11.0. The zero-order valence-corrected chi connectivity index (χ0v) is 18.7. The Hall–Kier alpha value is -2.52. The average molecular weight is 460 g/mol. The Labute approximate surface area is 190 Å². The van der Waals surface area contributed by atoms with Crippen LogP contribution in [0.3, 0.4) is 0 Å². The lowest BCUT2D eigenvalue weighted by atomic mass is 10.1. The van der Waals surface area contributed by atoms with Crippen LogP contribution in [-0.2, 0) is 11.2 Å². The molecule has 9 heteroatoms. The van der Waals surface area contributed by atoms with Crippen LogP contribution in [0.4, 0.5) is 14.5 Å². The van der Waals surface area contributed by atoms with E-state index >= 15 is 0 Å². The van der Waals surface area contributed by atoms with Crippen molar-refractivity contribution in [3.05, 3.63) is 63.4 Å². The van der Waals surface area contributed by atoms with Gasteiger partial charge in [0.15, 0.2) is 0 Å². The number of hydrogen-bond acceptors (Lipinski definition) is 6. The number of fused-ring (bicyclic) bond motifs is 2. The number of nitrogens with two attached hydrogens (primary N) is 1. The first-order valence-corrected chi connectivity index (χ1v) is 11.8. The maximum Gasteiger partial charge on any atom is 0.259 e. The summed E-state index contributed by atoms with van der Waals surface area (Å²) in [6, 6.07) is 2.91. The van der Waals surface area contributed by atoms with Crippen LogP contribution in [0.15, 0.2) is 46.2 Å². The minimum Gasteiger partial charge on any atom is -0.397 e. The smallest absolute Gasteiger partial charge is 0.259 e. The number of benzene rings is 1. The molecular formula is C23H27F2N5OS. The average Bonchev–Trinajstić information content (AvgIpc) is 3.44. The standard InChI is InChI=1S/C23H27F2N5OS/c1-12-2-3-15-20(26)21(32-23(15)29-12)22(31)28-7-4-13-8-17(25)19(9-16(13)24)30-10-14-5-6-27-18(14)11-30/h2-3,8-9,14,18,23,27,29H,4-7,10-11,26H2,1H3,(H,28,31)/t14-,18+,23?/m1/s1. The van der Waals surface area contributed by atoms with Crippen LogP contribution < -0.4 is 26.6 Å². The van der Waals surface area contributed by atoms with Gasteiger partial charge in [-0.25, -0.2) is 8.78 Å². The Kier molecular flexibility index (Phi) is 5.63. The Balaban J connectivity index is 1.20. The van der Waals surface area contributed by atoms with E-state index in [-0.39, 0.29) is 29.8 Å². The molecule has 1 aromatic carbocycles. The Morgan fingerprint density at radius 3 is 2.94 bits per heavy atom. The number of allylic oxidation sites excluding steroid dienone is 3. The van der Waals surface area contributed by atoms with Crippen molar-refractivity contribution in [1.82, 2.24) is 16.0 Å². The van der Waals surface area contributed by atoms with Crippen molar-refractivity contribution in [3.63, 3.8) is 0 Å². The highest BCUT2D eigenvalue weighted by atomic mass is 32.2. The summed E-state index contributed by atoms with van der Waals surface area (Å²) in [6.07, 6.45) is 5.12. The number of nitrogens with zero attached hydrogens (tertiary/aromatic N) is 1.